The Balaban J connectivity index is 0.00000225. The van der Waals surface area contributed by atoms with Crippen molar-refractivity contribution in [3.8, 4) is 0 Å². The molecule has 0 unspecified atom stereocenters. The van der Waals surface area contributed by atoms with Crippen LogP contribution in [0.3, 0.4) is 0 Å². The van der Waals surface area contributed by atoms with Crippen molar-refractivity contribution < 1.29 is 4.39 Å². The summed E-state index contributed by atoms with van der Waals surface area (Å²) in [5.41, 5.74) is 6.88. The molecule has 0 fully saturated rings. The first-order valence-electron chi connectivity index (χ1n) is 5.36. The molecular weight excluding hydrogens is 292 g/mol. The second-order valence-electron chi connectivity index (χ2n) is 3.75. The zero-order valence-corrected chi connectivity index (χ0v) is 11.8. The topological polar surface area (TPSA) is 26.0 Å². The van der Waals surface area contributed by atoms with Gasteiger partial charge < -0.3 is 5.73 Å². The van der Waals surface area contributed by atoms with E-state index in [1.807, 2.05) is 6.07 Å². The lowest BCUT2D eigenvalue weighted by Crippen LogP contribution is -2.11. The van der Waals surface area contributed by atoms with E-state index in [4.69, 9.17) is 5.73 Å². The molecule has 0 bridgehead atoms. The Morgan fingerprint density at radius 3 is 2.69 bits per heavy atom. The predicted octanol–water partition coefficient (Wildman–Crippen LogP) is 4.59. The molecular formula is C12H18BrClFN. The lowest BCUT2D eigenvalue weighted by Gasteiger charge is -2.13. The molecule has 0 saturated carbocycles. The molecule has 0 aliphatic carbocycles. The van der Waals surface area contributed by atoms with Crippen molar-refractivity contribution in [3.63, 3.8) is 0 Å². The average Bonchev–Trinajstić information content (AvgIpc) is 2.22. The summed E-state index contributed by atoms with van der Waals surface area (Å²) in [7, 11) is 0. The molecule has 16 heavy (non-hydrogen) atoms. The summed E-state index contributed by atoms with van der Waals surface area (Å²) < 4.78 is 13.7. The summed E-state index contributed by atoms with van der Waals surface area (Å²) in [6, 6.07) is 4.95. The first-order valence-corrected chi connectivity index (χ1v) is 6.15. The van der Waals surface area contributed by atoms with Gasteiger partial charge in [0.25, 0.3) is 0 Å². The number of hydrogen-bond donors (Lipinski definition) is 1. The molecule has 0 aliphatic rings. The maximum Gasteiger partial charge on any atom is 0.137 e. The highest BCUT2D eigenvalue weighted by Gasteiger charge is 2.11. The van der Waals surface area contributed by atoms with Gasteiger partial charge in [0.2, 0.25) is 0 Å². The van der Waals surface area contributed by atoms with Gasteiger partial charge in [-0.25, -0.2) is 4.39 Å². The third-order valence-corrected chi connectivity index (χ3v) is 3.34. The molecule has 1 nitrogen and oxygen atoms in total. The first-order chi connectivity index (χ1) is 7.16. The van der Waals surface area contributed by atoms with Crippen LogP contribution >= 0.6 is 28.3 Å². The van der Waals surface area contributed by atoms with Crippen molar-refractivity contribution >= 4 is 28.3 Å². The Morgan fingerprint density at radius 2 is 2.06 bits per heavy atom. The smallest absolute Gasteiger partial charge is 0.137 e. The van der Waals surface area contributed by atoms with Crippen LogP contribution in [0.5, 0.6) is 0 Å². The minimum Gasteiger partial charge on any atom is -0.324 e. The Morgan fingerprint density at radius 1 is 1.38 bits per heavy atom. The summed E-state index contributed by atoms with van der Waals surface area (Å²) in [4.78, 5) is 0. The highest BCUT2D eigenvalue weighted by molar-refractivity contribution is 9.10. The number of halogens is 3. The Hall–Kier alpha value is -0.120. The molecule has 92 valence electrons. The second kappa shape index (κ2) is 8.04. The van der Waals surface area contributed by atoms with Crippen LogP contribution in [0.1, 0.15) is 44.2 Å². The van der Waals surface area contributed by atoms with E-state index in [0.29, 0.717) is 4.47 Å². The lowest BCUT2D eigenvalue weighted by atomic mass is 10.0. The van der Waals surface area contributed by atoms with Crippen LogP contribution in [0, 0.1) is 5.82 Å². The summed E-state index contributed by atoms with van der Waals surface area (Å²) in [5.74, 6) is -0.238. The Kier molecular flexibility index (Phi) is 7.98. The maximum atomic E-state index is 13.2. The molecule has 0 heterocycles. The lowest BCUT2D eigenvalue weighted by molar-refractivity contribution is 0.568. The molecule has 1 aromatic carbocycles. The minimum absolute atomic E-state index is 0. The quantitative estimate of drug-likeness (QED) is 0.791. The fourth-order valence-corrected chi connectivity index (χ4v) is 2.13. The van der Waals surface area contributed by atoms with Crippen molar-refractivity contribution in [3.05, 3.63) is 34.1 Å². The molecule has 4 heteroatoms. The van der Waals surface area contributed by atoms with Gasteiger partial charge in [-0.05, 0) is 34.0 Å². The standard InChI is InChI=1S/C12H17BrFN.ClH/c1-2-3-4-8-11(15)9-6-5-7-10(14)12(9)13;/h5-7,11H,2-4,8,15H2,1H3;1H/t11-;/m0./s1. The van der Waals surface area contributed by atoms with E-state index < -0.39 is 0 Å². The van der Waals surface area contributed by atoms with E-state index in [0.717, 1.165) is 18.4 Å². The van der Waals surface area contributed by atoms with Crippen LogP contribution < -0.4 is 5.73 Å². The Labute approximate surface area is 111 Å². The maximum absolute atomic E-state index is 13.2. The number of unbranched alkanes of at least 4 members (excludes halogenated alkanes) is 2. The number of nitrogens with two attached hydrogens (primary N) is 1. The normalized spacial score (nSPS) is 12.0. The molecule has 0 saturated heterocycles. The van der Waals surface area contributed by atoms with Crippen LogP contribution in [0.25, 0.3) is 0 Å². The fraction of sp³-hybridized carbons (Fsp3) is 0.500. The van der Waals surface area contributed by atoms with Crippen molar-refractivity contribution in [2.75, 3.05) is 0 Å². The number of hydrogen-bond acceptors (Lipinski definition) is 1. The third-order valence-electron chi connectivity index (χ3n) is 2.50. The van der Waals surface area contributed by atoms with E-state index in [1.54, 1.807) is 6.07 Å². The van der Waals surface area contributed by atoms with Gasteiger partial charge in [-0.3, -0.25) is 0 Å². The second-order valence-corrected chi connectivity index (χ2v) is 4.54. The molecule has 0 radical (unpaired) electrons. The van der Waals surface area contributed by atoms with Crippen molar-refractivity contribution in [2.45, 2.75) is 38.6 Å². The van der Waals surface area contributed by atoms with Crippen molar-refractivity contribution in [2.24, 2.45) is 5.73 Å². The van der Waals surface area contributed by atoms with Crippen molar-refractivity contribution in [1.82, 2.24) is 0 Å². The SMILES string of the molecule is CCCCC[C@H](N)c1cccc(F)c1Br.Cl. The monoisotopic (exact) mass is 309 g/mol. The zero-order chi connectivity index (χ0) is 11.3. The van der Waals surface area contributed by atoms with Crippen LogP contribution in [-0.2, 0) is 0 Å². The molecule has 0 spiro atoms. The van der Waals surface area contributed by atoms with Gasteiger partial charge in [0.05, 0.1) is 4.47 Å². The molecule has 1 aromatic rings. The van der Waals surface area contributed by atoms with E-state index in [2.05, 4.69) is 22.9 Å². The van der Waals surface area contributed by atoms with Gasteiger partial charge in [0.15, 0.2) is 0 Å². The van der Waals surface area contributed by atoms with Crippen molar-refractivity contribution in [1.29, 1.82) is 0 Å². The third kappa shape index (κ3) is 4.40. The molecule has 0 amide bonds. The molecule has 1 atom stereocenters. The molecule has 2 N–H and O–H groups in total. The fourth-order valence-electron chi connectivity index (χ4n) is 1.58. The van der Waals surface area contributed by atoms with Gasteiger partial charge in [-0.2, -0.15) is 0 Å². The highest BCUT2D eigenvalue weighted by atomic mass is 79.9. The zero-order valence-electron chi connectivity index (χ0n) is 9.38. The van der Waals surface area contributed by atoms with E-state index in [9.17, 15) is 4.39 Å². The van der Waals surface area contributed by atoms with E-state index >= 15 is 0 Å². The predicted molar refractivity (Wildman–Crippen MR) is 72.4 cm³/mol. The number of rotatable bonds is 5. The molecule has 0 aliphatic heterocycles. The van der Waals surface area contributed by atoms with Gasteiger partial charge >= 0.3 is 0 Å². The molecule has 1 rings (SSSR count). The summed E-state index contributed by atoms with van der Waals surface area (Å²) in [6.45, 7) is 2.16. The average molecular weight is 311 g/mol. The Bertz CT molecular complexity index is 320. The highest BCUT2D eigenvalue weighted by Crippen LogP contribution is 2.27. The van der Waals surface area contributed by atoms with Crippen LogP contribution in [-0.4, -0.2) is 0 Å². The van der Waals surface area contributed by atoms with Crippen LogP contribution in [0.2, 0.25) is 0 Å². The first kappa shape index (κ1) is 15.9. The number of benzene rings is 1. The van der Waals surface area contributed by atoms with Crippen LogP contribution in [0.4, 0.5) is 4.39 Å². The van der Waals surface area contributed by atoms with E-state index in [-0.39, 0.29) is 24.3 Å². The van der Waals surface area contributed by atoms with E-state index in [1.165, 1.54) is 18.9 Å². The van der Waals surface area contributed by atoms with Gasteiger partial charge in [0.1, 0.15) is 5.82 Å². The van der Waals surface area contributed by atoms with Crippen LogP contribution in [0.15, 0.2) is 22.7 Å². The summed E-state index contributed by atoms with van der Waals surface area (Å²) in [6.07, 6.45) is 4.37. The molecule has 0 aromatic heterocycles. The summed E-state index contributed by atoms with van der Waals surface area (Å²) >= 11 is 3.23. The van der Waals surface area contributed by atoms with Gasteiger partial charge in [-0.15, -0.1) is 12.4 Å². The minimum atomic E-state index is -0.238. The van der Waals surface area contributed by atoms with Gasteiger partial charge in [0, 0.05) is 6.04 Å². The van der Waals surface area contributed by atoms with Gasteiger partial charge in [-0.1, -0.05) is 38.3 Å². The summed E-state index contributed by atoms with van der Waals surface area (Å²) in [5, 5.41) is 0. The largest absolute Gasteiger partial charge is 0.324 e.